The summed E-state index contributed by atoms with van der Waals surface area (Å²) in [4.78, 5) is 27.7. The molecule has 184 valence electrons. The van der Waals surface area contributed by atoms with Gasteiger partial charge in [-0.1, -0.05) is 37.1 Å². The molecule has 0 radical (unpaired) electrons. The summed E-state index contributed by atoms with van der Waals surface area (Å²) in [6.07, 6.45) is -1.74. The number of halogens is 3. The molecular weight excluding hydrogens is 435 g/mol. The van der Waals surface area contributed by atoms with E-state index in [0.29, 0.717) is 24.6 Å². The van der Waals surface area contributed by atoms with Gasteiger partial charge in [-0.15, -0.1) is 0 Å². The lowest BCUT2D eigenvalue weighted by Gasteiger charge is -2.40. The van der Waals surface area contributed by atoms with Gasteiger partial charge in [0.2, 0.25) is 0 Å². The van der Waals surface area contributed by atoms with Gasteiger partial charge in [-0.2, -0.15) is 13.2 Å². The Morgan fingerprint density at radius 2 is 1.58 bits per heavy atom. The molecular formula is C24H34F3N3O3. The molecule has 2 aliphatic rings. The second kappa shape index (κ2) is 9.91. The van der Waals surface area contributed by atoms with Crippen LogP contribution in [0.15, 0.2) is 24.3 Å². The predicted octanol–water partition coefficient (Wildman–Crippen LogP) is 4.82. The van der Waals surface area contributed by atoms with Crippen LogP contribution in [0.1, 0.15) is 70.2 Å². The molecule has 0 bridgehead atoms. The summed E-state index contributed by atoms with van der Waals surface area (Å²) in [5, 5.41) is 2.00. The number of hydrogen-bond acceptors (Lipinski definition) is 4. The molecule has 6 nitrogen and oxygen atoms in total. The predicted molar refractivity (Wildman–Crippen MR) is 119 cm³/mol. The average Bonchev–Trinajstić information content (AvgIpc) is 3.54. The van der Waals surface area contributed by atoms with Gasteiger partial charge in [0.25, 0.3) is 0 Å². The Morgan fingerprint density at radius 3 is 2.06 bits per heavy atom. The Balaban J connectivity index is 1.64. The van der Waals surface area contributed by atoms with Crippen LogP contribution >= 0.6 is 0 Å². The first-order valence-electron chi connectivity index (χ1n) is 11.5. The summed E-state index contributed by atoms with van der Waals surface area (Å²) >= 11 is 0. The number of nitrogens with zero attached hydrogens (tertiary/aromatic N) is 2. The number of piperazine rings is 1. The second-order valence-electron chi connectivity index (χ2n) is 10.1. The van der Waals surface area contributed by atoms with E-state index in [-0.39, 0.29) is 12.1 Å². The average molecular weight is 470 g/mol. The summed E-state index contributed by atoms with van der Waals surface area (Å²) in [5.74, 6) is -1.25. The highest BCUT2D eigenvalue weighted by Crippen LogP contribution is 2.40. The van der Waals surface area contributed by atoms with E-state index in [0.717, 1.165) is 25.1 Å². The van der Waals surface area contributed by atoms with Crippen LogP contribution in [0.3, 0.4) is 0 Å². The minimum atomic E-state index is -4.90. The zero-order valence-corrected chi connectivity index (χ0v) is 19.7. The summed E-state index contributed by atoms with van der Waals surface area (Å²) in [6.45, 7) is 9.75. The fourth-order valence-electron chi connectivity index (χ4n) is 4.08. The molecule has 1 heterocycles. The maximum atomic E-state index is 12.5. The zero-order chi connectivity index (χ0) is 24.4. The first-order valence-corrected chi connectivity index (χ1v) is 11.5. The minimum absolute atomic E-state index is 0.187. The third kappa shape index (κ3) is 7.35. The largest absolute Gasteiger partial charge is 0.471 e. The molecule has 1 saturated heterocycles. The molecule has 2 atom stereocenters. The van der Waals surface area contributed by atoms with Gasteiger partial charge >= 0.3 is 18.2 Å². The monoisotopic (exact) mass is 469 g/mol. The standard InChI is InChI=1S/C24H34F3N3O3/c1-16(28-21(31)24(25,26)27)18-7-9-19(10-8-18)20(15-17-5-6-17)29-11-13-30(14-12-29)22(32)33-23(2,3)4/h7-10,16-17,20H,5-6,11-15H2,1-4H3,(H,28,31)/t16-,20-/m0/s1. The molecule has 3 rings (SSSR count). The van der Waals surface area contributed by atoms with E-state index in [9.17, 15) is 22.8 Å². The lowest BCUT2D eigenvalue weighted by molar-refractivity contribution is -0.174. The highest BCUT2D eigenvalue weighted by atomic mass is 19.4. The van der Waals surface area contributed by atoms with Gasteiger partial charge < -0.3 is 15.0 Å². The van der Waals surface area contributed by atoms with Crippen LogP contribution in [0, 0.1) is 5.92 Å². The third-order valence-corrected chi connectivity index (χ3v) is 6.09. The molecule has 2 fully saturated rings. The molecule has 0 aromatic heterocycles. The van der Waals surface area contributed by atoms with Crippen molar-refractivity contribution in [3.8, 4) is 0 Å². The molecule has 0 spiro atoms. The molecule has 1 aliphatic carbocycles. The van der Waals surface area contributed by atoms with Crippen molar-refractivity contribution in [2.24, 2.45) is 5.92 Å². The lowest BCUT2D eigenvalue weighted by Crippen LogP contribution is -2.50. The number of amides is 2. The summed E-state index contributed by atoms with van der Waals surface area (Å²) in [6, 6.07) is 6.90. The van der Waals surface area contributed by atoms with Crippen molar-refractivity contribution in [2.45, 2.75) is 70.8 Å². The van der Waals surface area contributed by atoms with E-state index in [2.05, 4.69) is 4.90 Å². The molecule has 0 unspecified atom stereocenters. The number of nitrogens with one attached hydrogen (secondary N) is 1. The van der Waals surface area contributed by atoms with E-state index in [1.54, 1.807) is 17.0 Å². The van der Waals surface area contributed by atoms with Crippen molar-refractivity contribution in [2.75, 3.05) is 26.2 Å². The van der Waals surface area contributed by atoms with Gasteiger partial charge in [0.1, 0.15) is 5.60 Å². The lowest BCUT2D eigenvalue weighted by atomic mass is 9.96. The number of alkyl halides is 3. The maximum absolute atomic E-state index is 12.5. The third-order valence-electron chi connectivity index (χ3n) is 6.09. The Labute approximate surface area is 193 Å². The van der Waals surface area contributed by atoms with Gasteiger partial charge in [-0.05, 0) is 51.2 Å². The van der Waals surface area contributed by atoms with Gasteiger partial charge in [0.05, 0.1) is 6.04 Å². The van der Waals surface area contributed by atoms with Crippen molar-refractivity contribution < 1.29 is 27.5 Å². The Bertz CT molecular complexity index is 824. The van der Waals surface area contributed by atoms with E-state index in [4.69, 9.17) is 4.74 Å². The number of carbonyl (C=O) groups is 2. The number of ether oxygens (including phenoxy) is 1. The molecule has 1 N–H and O–H groups in total. The fourth-order valence-corrected chi connectivity index (χ4v) is 4.08. The zero-order valence-electron chi connectivity index (χ0n) is 19.7. The topological polar surface area (TPSA) is 61.9 Å². The number of hydrogen-bond donors (Lipinski definition) is 1. The van der Waals surface area contributed by atoms with Crippen LogP contribution in [-0.2, 0) is 9.53 Å². The van der Waals surface area contributed by atoms with E-state index in [1.165, 1.54) is 19.8 Å². The van der Waals surface area contributed by atoms with E-state index < -0.39 is 23.7 Å². The highest BCUT2D eigenvalue weighted by Gasteiger charge is 2.39. The molecule has 1 aliphatic heterocycles. The van der Waals surface area contributed by atoms with Crippen LogP contribution in [0.5, 0.6) is 0 Å². The van der Waals surface area contributed by atoms with Crippen LogP contribution in [0.4, 0.5) is 18.0 Å². The molecule has 2 amide bonds. The minimum Gasteiger partial charge on any atom is -0.444 e. The molecule has 1 aromatic rings. The van der Waals surface area contributed by atoms with Gasteiger partial charge in [-0.3, -0.25) is 9.69 Å². The molecule has 9 heteroatoms. The normalized spacial score (nSPS) is 19.7. The van der Waals surface area contributed by atoms with E-state index >= 15 is 0 Å². The first-order chi connectivity index (χ1) is 15.3. The van der Waals surface area contributed by atoms with Crippen LogP contribution in [0.2, 0.25) is 0 Å². The smallest absolute Gasteiger partial charge is 0.444 e. The Kier molecular flexibility index (Phi) is 7.61. The van der Waals surface area contributed by atoms with Crippen molar-refractivity contribution in [1.29, 1.82) is 0 Å². The summed E-state index contributed by atoms with van der Waals surface area (Å²) in [5.41, 5.74) is 1.20. The van der Waals surface area contributed by atoms with Gasteiger partial charge in [-0.25, -0.2) is 4.79 Å². The summed E-state index contributed by atoms with van der Waals surface area (Å²) in [7, 11) is 0. The first kappa shape index (κ1) is 25.3. The Morgan fingerprint density at radius 1 is 1.03 bits per heavy atom. The van der Waals surface area contributed by atoms with Crippen LogP contribution in [0.25, 0.3) is 0 Å². The van der Waals surface area contributed by atoms with Crippen molar-refractivity contribution in [1.82, 2.24) is 15.1 Å². The van der Waals surface area contributed by atoms with Crippen molar-refractivity contribution in [3.63, 3.8) is 0 Å². The van der Waals surface area contributed by atoms with Crippen molar-refractivity contribution in [3.05, 3.63) is 35.4 Å². The van der Waals surface area contributed by atoms with E-state index in [1.807, 2.05) is 38.2 Å². The second-order valence-corrected chi connectivity index (χ2v) is 10.1. The molecule has 1 saturated carbocycles. The van der Waals surface area contributed by atoms with Crippen LogP contribution in [-0.4, -0.2) is 59.8 Å². The van der Waals surface area contributed by atoms with Gasteiger partial charge in [0, 0.05) is 32.2 Å². The van der Waals surface area contributed by atoms with Gasteiger partial charge in [0.15, 0.2) is 0 Å². The molecule has 1 aromatic carbocycles. The van der Waals surface area contributed by atoms with Crippen molar-refractivity contribution >= 4 is 12.0 Å². The Hall–Kier alpha value is -2.29. The highest BCUT2D eigenvalue weighted by molar-refractivity contribution is 5.82. The molecule has 33 heavy (non-hydrogen) atoms. The van der Waals surface area contributed by atoms with Crippen LogP contribution < -0.4 is 5.32 Å². The maximum Gasteiger partial charge on any atom is 0.471 e. The summed E-state index contributed by atoms with van der Waals surface area (Å²) < 4.78 is 43.1. The number of rotatable bonds is 6. The SMILES string of the molecule is C[C@H](NC(=O)C(F)(F)F)c1ccc([C@H](CC2CC2)N2CCN(C(=O)OC(C)(C)C)CC2)cc1. The fraction of sp³-hybridized carbons (Fsp3) is 0.667. The number of benzene rings is 1. The quantitative estimate of drug-likeness (QED) is 0.649. The number of carbonyl (C=O) groups excluding carboxylic acids is 2.